The molecule has 7 N–H and O–H groups in total. The van der Waals surface area contributed by atoms with Crippen LogP contribution in [0.1, 0.15) is 187 Å². The standard InChI is InChI=1S/C42H81NO9/c1-3-5-7-9-11-13-15-17-19-21-23-25-27-29-31-36(46)41(50)43-34(33-51-42-40(49)39(48)38(47)37(32-44)52-42)35(45)30-28-26-24-22-20-18-16-14-12-10-8-6-4-2/h20,22,34-40,42,44-49H,3-19,21,23-33H2,1-2H3,(H,43,50)/b22-20-/t34-,35+,36+,37+,38+,39?,40?,42+/m0/s1. The largest absolute Gasteiger partial charge is 0.394 e. The van der Waals surface area contributed by atoms with Gasteiger partial charge in [-0.1, -0.05) is 161 Å². The summed E-state index contributed by atoms with van der Waals surface area (Å²) in [5.74, 6) is -0.593. The van der Waals surface area contributed by atoms with Crippen LogP contribution in [0, 0.1) is 0 Å². The quantitative estimate of drug-likeness (QED) is 0.0264. The number of nitrogens with one attached hydrogen (secondary N) is 1. The molecule has 308 valence electrons. The Balaban J connectivity index is 2.45. The van der Waals surface area contributed by atoms with E-state index in [0.29, 0.717) is 12.8 Å². The van der Waals surface area contributed by atoms with E-state index in [2.05, 4.69) is 31.3 Å². The Morgan fingerprint density at radius 1 is 0.635 bits per heavy atom. The molecular formula is C42H81NO9. The minimum atomic E-state index is -1.60. The highest BCUT2D eigenvalue weighted by molar-refractivity contribution is 5.80. The van der Waals surface area contributed by atoms with Crippen LogP contribution in [0.2, 0.25) is 0 Å². The first-order valence-electron chi connectivity index (χ1n) is 21.5. The Morgan fingerprint density at radius 2 is 1.08 bits per heavy atom. The number of carbonyl (C=O) groups is 1. The molecule has 8 atom stereocenters. The lowest BCUT2D eigenvalue weighted by Crippen LogP contribution is -2.60. The number of ether oxygens (including phenoxy) is 2. The normalized spacial score (nSPS) is 22.5. The molecule has 0 spiro atoms. The molecule has 1 amide bonds. The first kappa shape index (κ1) is 48.9. The predicted molar refractivity (Wildman–Crippen MR) is 209 cm³/mol. The van der Waals surface area contributed by atoms with Gasteiger partial charge in [0.05, 0.1) is 25.4 Å². The highest BCUT2D eigenvalue weighted by Gasteiger charge is 2.44. The zero-order valence-corrected chi connectivity index (χ0v) is 33.2. The minimum Gasteiger partial charge on any atom is -0.394 e. The molecule has 1 saturated heterocycles. The number of amides is 1. The van der Waals surface area contributed by atoms with Crippen molar-refractivity contribution in [2.75, 3.05) is 13.2 Å². The lowest BCUT2D eigenvalue weighted by atomic mass is 9.99. The summed E-state index contributed by atoms with van der Waals surface area (Å²) in [6.45, 7) is 3.63. The van der Waals surface area contributed by atoms with E-state index < -0.39 is 61.5 Å². The fourth-order valence-electron chi connectivity index (χ4n) is 6.87. The zero-order chi connectivity index (χ0) is 38.2. The molecule has 0 aromatic carbocycles. The second-order valence-electron chi connectivity index (χ2n) is 15.3. The van der Waals surface area contributed by atoms with Crippen molar-refractivity contribution in [3.63, 3.8) is 0 Å². The van der Waals surface area contributed by atoms with Crippen molar-refractivity contribution < 1.29 is 44.9 Å². The average Bonchev–Trinajstić information content (AvgIpc) is 3.14. The summed E-state index contributed by atoms with van der Waals surface area (Å²) in [5.41, 5.74) is 0. The Morgan fingerprint density at radius 3 is 1.58 bits per heavy atom. The molecule has 52 heavy (non-hydrogen) atoms. The number of hydrogen-bond acceptors (Lipinski definition) is 9. The number of hydrogen-bond donors (Lipinski definition) is 7. The van der Waals surface area contributed by atoms with Gasteiger partial charge in [0, 0.05) is 0 Å². The van der Waals surface area contributed by atoms with Crippen molar-refractivity contribution in [2.24, 2.45) is 0 Å². The summed E-state index contributed by atoms with van der Waals surface area (Å²) >= 11 is 0. The van der Waals surface area contributed by atoms with Crippen LogP contribution in [0.3, 0.4) is 0 Å². The van der Waals surface area contributed by atoms with Crippen LogP contribution in [-0.4, -0.2) is 98.7 Å². The molecule has 10 heteroatoms. The molecule has 1 aliphatic heterocycles. The van der Waals surface area contributed by atoms with Crippen LogP contribution in [0.4, 0.5) is 0 Å². The maximum absolute atomic E-state index is 13.0. The first-order chi connectivity index (χ1) is 25.3. The van der Waals surface area contributed by atoms with Crippen molar-refractivity contribution in [3.05, 3.63) is 12.2 Å². The van der Waals surface area contributed by atoms with Gasteiger partial charge in [0.2, 0.25) is 5.91 Å². The SMILES string of the molecule is CCCCCCCCC/C=C\CCCC[C@@H](O)[C@H](CO[C@@H]1O[C@H](CO)[C@@H](O)C(O)C1O)NC(=O)[C@H](O)CCCCCCCCCCCCCCCC. The van der Waals surface area contributed by atoms with Crippen molar-refractivity contribution >= 4 is 5.91 Å². The third-order valence-corrected chi connectivity index (χ3v) is 10.5. The summed E-state index contributed by atoms with van der Waals surface area (Å²) in [7, 11) is 0. The number of rotatable bonds is 35. The molecule has 1 aliphatic rings. The topological polar surface area (TPSA) is 169 Å². The molecular weight excluding hydrogens is 662 g/mol. The van der Waals surface area contributed by atoms with Gasteiger partial charge in [0.1, 0.15) is 30.5 Å². The first-order valence-corrected chi connectivity index (χ1v) is 21.5. The van der Waals surface area contributed by atoms with Crippen LogP contribution in [-0.2, 0) is 14.3 Å². The highest BCUT2D eigenvalue weighted by atomic mass is 16.7. The number of aliphatic hydroxyl groups is 6. The third-order valence-electron chi connectivity index (χ3n) is 10.5. The third kappa shape index (κ3) is 23.6. The van der Waals surface area contributed by atoms with Gasteiger partial charge in [-0.25, -0.2) is 0 Å². The minimum absolute atomic E-state index is 0.264. The van der Waals surface area contributed by atoms with Crippen molar-refractivity contribution in [1.29, 1.82) is 0 Å². The molecule has 1 rings (SSSR count). The Bertz CT molecular complexity index is 844. The summed E-state index contributed by atoms with van der Waals surface area (Å²) in [6.07, 6.45) is 25.5. The fraction of sp³-hybridized carbons (Fsp3) is 0.929. The summed E-state index contributed by atoms with van der Waals surface area (Å²) in [5, 5.41) is 64.6. The van der Waals surface area contributed by atoms with E-state index in [1.807, 2.05) is 0 Å². The number of allylic oxidation sites excluding steroid dienone is 2. The number of unbranched alkanes of at least 4 members (excludes halogenated alkanes) is 22. The average molecular weight is 744 g/mol. The molecule has 1 heterocycles. The molecule has 1 fully saturated rings. The zero-order valence-electron chi connectivity index (χ0n) is 33.2. The summed E-state index contributed by atoms with van der Waals surface area (Å²) in [4.78, 5) is 13.0. The molecule has 0 saturated carbocycles. The summed E-state index contributed by atoms with van der Waals surface area (Å²) in [6, 6.07) is -0.904. The molecule has 0 bridgehead atoms. The van der Waals surface area contributed by atoms with Crippen molar-refractivity contribution in [3.8, 4) is 0 Å². The molecule has 0 aliphatic carbocycles. The van der Waals surface area contributed by atoms with Crippen LogP contribution < -0.4 is 5.32 Å². The molecule has 10 nitrogen and oxygen atoms in total. The predicted octanol–water partition coefficient (Wildman–Crippen LogP) is 7.14. The number of aliphatic hydroxyl groups excluding tert-OH is 6. The van der Waals surface area contributed by atoms with Gasteiger partial charge in [-0.2, -0.15) is 0 Å². The maximum Gasteiger partial charge on any atom is 0.249 e. The van der Waals surface area contributed by atoms with Crippen LogP contribution in [0.15, 0.2) is 12.2 Å². The second kappa shape index (κ2) is 33.2. The van der Waals surface area contributed by atoms with Gasteiger partial charge in [0.15, 0.2) is 6.29 Å². The van der Waals surface area contributed by atoms with E-state index >= 15 is 0 Å². The van der Waals surface area contributed by atoms with Crippen molar-refractivity contribution in [1.82, 2.24) is 5.32 Å². The van der Waals surface area contributed by atoms with Crippen LogP contribution in [0.5, 0.6) is 0 Å². The van der Waals surface area contributed by atoms with E-state index in [9.17, 15) is 35.4 Å². The monoisotopic (exact) mass is 744 g/mol. The van der Waals surface area contributed by atoms with Gasteiger partial charge in [0.25, 0.3) is 0 Å². The highest BCUT2D eigenvalue weighted by Crippen LogP contribution is 2.23. The Hall–Kier alpha value is -1.11. The van der Waals surface area contributed by atoms with E-state index in [-0.39, 0.29) is 6.61 Å². The molecule has 0 aromatic rings. The van der Waals surface area contributed by atoms with Gasteiger partial charge in [-0.3, -0.25) is 4.79 Å². The van der Waals surface area contributed by atoms with Gasteiger partial charge >= 0.3 is 0 Å². The lowest BCUT2D eigenvalue weighted by molar-refractivity contribution is -0.302. The van der Waals surface area contributed by atoms with Crippen LogP contribution >= 0.6 is 0 Å². The van der Waals surface area contributed by atoms with E-state index in [1.54, 1.807) is 0 Å². The van der Waals surface area contributed by atoms with E-state index in [4.69, 9.17) is 9.47 Å². The number of carbonyl (C=O) groups excluding carboxylic acids is 1. The van der Waals surface area contributed by atoms with E-state index in [1.165, 1.54) is 109 Å². The second-order valence-corrected chi connectivity index (χ2v) is 15.3. The van der Waals surface area contributed by atoms with Gasteiger partial charge < -0.3 is 45.4 Å². The molecule has 0 radical (unpaired) electrons. The van der Waals surface area contributed by atoms with E-state index in [0.717, 1.165) is 51.4 Å². The van der Waals surface area contributed by atoms with Crippen LogP contribution in [0.25, 0.3) is 0 Å². The smallest absolute Gasteiger partial charge is 0.249 e. The van der Waals surface area contributed by atoms with Crippen molar-refractivity contribution in [2.45, 2.75) is 236 Å². The molecule has 2 unspecified atom stereocenters. The fourth-order valence-corrected chi connectivity index (χ4v) is 6.87. The molecule has 0 aromatic heterocycles. The maximum atomic E-state index is 13.0. The Kier molecular flexibility index (Phi) is 31.3. The Labute approximate surface area is 317 Å². The van der Waals surface area contributed by atoms with Gasteiger partial charge in [-0.15, -0.1) is 0 Å². The summed E-state index contributed by atoms with van der Waals surface area (Å²) < 4.78 is 11.1. The lowest BCUT2D eigenvalue weighted by Gasteiger charge is -2.40. The van der Waals surface area contributed by atoms with Gasteiger partial charge in [-0.05, 0) is 38.5 Å².